The van der Waals surface area contributed by atoms with Crippen LogP contribution in [0.1, 0.15) is 11.1 Å². The second-order valence-corrected chi connectivity index (χ2v) is 6.44. The Bertz CT molecular complexity index is 677. The van der Waals surface area contributed by atoms with E-state index < -0.39 is 10.8 Å². The average molecular weight is 332 g/mol. The van der Waals surface area contributed by atoms with Crippen LogP contribution in [0.2, 0.25) is 0 Å². The van der Waals surface area contributed by atoms with Crippen molar-refractivity contribution in [1.82, 2.24) is 5.06 Å². The standard InChI is InChI=1S/C17H20N2O3S/c1-22-19(12-14-8-4-3-5-9-14)17(20)18-16-11-7-6-10-15(16)13-23(2)21/h3-11H,12-13H2,1-2H3,(H,18,20)/t23-/m0/s1. The number of rotatable bonds is 6. The van der Waals surface area contributed by atoms with Crippen molar-refractivity contribution in [1.29, 1.82) is 0 Å². The summed E-state index contributed by atoms with van der Waals surface area (Å²) in [6, 6.07) is 16.5. The monoisotopic (exact) mass is 332 g/mol. The summed E-state index contributed by atoms with van der Waals surface area (Å²) in [5.74, 6) is 0.391. The van der Waals surface area contributed by atoms with Gasteiger partial charge in [0.15, 0.2) is 0 Å². The van der Waals surface area contributed by atoms with Gasteiger partial charge >= 0.3 is 6.03 Å². The summed E-state index contributed by atoms with van der Waals surface area (Å²) in [7, 11) is 0.472. The van der Waals surface area contributed by atoms with Crippen LogP contribution in [0.5, 0.6) is 0 Å². The second kappa shape index (κ2) is 8.45. The number of hydroxylamine groups is 2. The number of benzene rings is 2. The molecule has 2 amide bonds. The minimum atomic E-state index is -0.982. The van der Waals surface area contributed by atoms with Gasteiger partial charge < -0.3 is 5.32 Å². The van der Waals surface area contributed by atoms with Crippen molar-refractivity contribution >= 4 is 22.5 Å². The lowest BCUT2D eigenvalue weighted by Gasteiger charge is -2.21. The van der Waals surface area contributed by atoms with Crippen LogP contribution in [0, 0.1) is 0 Å². The van der Waals surface area contributed by atoms with Crippen LogP contribution in [0.25, 0.3) is 0 Å². The van der Waals surface area contributed by atoms with Gasteiger partial charge in [-0.05, 0) is 17.2 Å². The van der Waals surface area contributed by atoms with Gasteiger partial charge in [-0.2, -0.15) is 5.06 Å². The molecular formula is C17H20N2O3S. The van der Waals surface area contributed by atoms with Crippen molar-refractivity contribution in [2.75, 3.05) is 18.7 Å². The third-order valence-corrected chi connectivity index (χ3v) is 3.95. The maximum absolute atomic E-state index is 12.4. The van der Waals surface area contributed by atoms with Crippen LogP contribution >= 0.6 is 0 Å². The van der Waals surface area contributed by atoms with Crippen LogP contribution in [0.4, 0.5) is 10.5 Å². The smallest absolute Gasteiger partial charge is 0.306 e. The van der Waals surface area contributed by atoms with Crippen LogP contribution in [0.3, 0.4) is 0 Å². The predicted molar refractivity (Wildman–Crippen MR) is 92.2 cm³/mol. The summed E-state index contributed by atoms with van der Waals surface area (Å²) < 4.78 is 11.4. The van der Waals surface area contributed by atoms with Crippen LogP contribution in [0.15, 0.2) is 54.6 Å². The zero-order valence-electron chi connectivity index (χ0n) is 13.2. The quantitative estimate of drug-likeness (QED) is 0.827. The van der Waals surface area contributed by atoms with Gasteiger partial charge in [0.2, 0.25) is 0 Å². The van der Waals surface area contributed by atoms with Crippen LogP contribution in [-0.2, 0) is 27.9 Å². The van der Waals surface area contributed by atoms with Crippen molar-refractivity contribution in [3.63, 3.8) is 0 Å². The Morgan fingerprint density at radius 2 is 1.78 bits per heavy atom. The Balaban J connectivity index is 2.09. The highest BCUT2D eigenvalue weighted by Gasteiger charge is 2.15. The molecule has 0 saturated carbocycles. The van der Waals surface area contributed by atoms with E-state index in [9.17, 15) is 9.00 Å². The molecule has 0 bridgehead atoms. The fourth-order valence-corrected chi connectivity index (χ4v) is 2.82. The summed E-state index contributed by atoms with van der Waals surface area (Å²) in [4.78, 5) is 17.6. The number of nitrogens with zero attached hydrogens (tertiary/aromatic N) is 1. The summed E-state index contributed by atoms with van der Waals surface area (Å²) >= 11 is 0. The Kier molecular flexibility index (Phi) is 6.31. The average Bonchev–Trinajstić information content (AvgIpc) is 2.55. The number of para-hydroxylation sites is 1. The van der Waals surface area contributed by atoms with Crippen molar-refractivity contribution in [3.8, 4) is 0 Å². The van der Waals surface area contributed by atoms with E-state index >= 15 is 0 Å². The number of hydrogen-bond acceptors (Lipinski definition) is 3. The normalized spacial score (nSPS) is 11.7. The molecule has 0 aliphatic heterocycles. The van der Waals surface area contributed by atoms with Crippen LogP contribution < -0.4 is 5.32 Å². The third-order valence-electron chi connectivity index (χ3n) is 3.23. The zero-order valence-corrected chi connectivity index (χ0v) is 14.0. The Labute approximate surface area is 138 Å². The first kappa shape index (κ1) is 17.2. The lowest BCUT2D eigenvalue weighted by atomic mass is 10.2. The molecular weight excluding hydrogens is 312 g/mol. The molecule has 0 fully saturated rings. The van der Waals surface area contributed by atoms with Gasteiger partial charge in [-0.1, -0.05) is 48.5 Å². The van der Waals surface area contributed by atoms with Gasteiger partial charge in [-0.25, -0.2) is 4.79 Å². The van der Waals surface area contributed by atoms with E-state index in [1.165, 1.54) is 12.2 Å². The number of anilines is 1. The van der Waals surface area contributed by atoms with E-state index in [0.29, 0.717) is 18.0 Å². The van der Waals surface area contributed by atoms with E-state index in [4.69, 9.17) is 4.84 Å². The number of hydrogen-bond donors (Lipinski definition) is 1. The molecule has 1 N–H and O–H groups in total. The molecule has 0 aliphatic rings. The number of carbonyl (C=O) groups excluding carboxylic acids is 1. The first-order valence-electron chi connectivity index (χ1n) is 7.14. The largest absolute Gasteiger partial charge is 0.346 e. The van der Waals surface area contributed by atoms with Gasteiger partial charge in [0.1, 0.15) is 0 Å². The first-order chi connectivity index (χ1) is 11.1. The number of carbonyl (C=O) groups is 1. The van der Waals surface area contributed by atoms with Crippen molar-refractivity contribution in [2.45, 2.75) is 12.3 Å². The predicted octanol–water partition coefficient (Wildman–Crippen LogP) is 3.16. The Morgan fingerprint density at radius 1 is 1.13 bits per heavy atom. The van der Waals surface area contributed by atoms with E-state index in [-0.39, 0.29) is 6.03 Å². The van der Waals surface area contributed by atoms with Gasteiger partial charge in [0, 0.05) is 22.7 Å². The minimum absolute atomic E-state index is 0.338. The highest BCUT2D eigenvalue weighted by atomic mass is 32.2. The van der Waals surface area contributed by atoms with E-state index in [1.807, 2.05) is 48.5 Å². The lowest BCUT2D eigenvalue weighted by Crippen LogP contribution is -2.33. The molecule has 2 aromatic carbocycles. The molecule has 5 nitrogen and oxygen atoms in total. The van der Waals surface area contributed by atoms with E-state index in [1.54, 1.807) is 12.3 Å². The van der Waals surface area contributed by atoms with Gasteiger partial charge in [0.05, 0.1) is 19.4 Å². The fourth-order valence-electron chi connectivity index (χ4n) is 2.13. The SMILES string of the molecule is CON(Cc1ccccc1)C(=O)Nc1ccccc1C[S@](C)=O. The number of nitrogens with one attached hydrogen (secondary N) is 1. The van der Waals surface area contributed by atoms with Crippen LogP contribution in [-0.4, -0.2) is 28.7 Å². The Hall–Kier alpha value is -2.18. The van der Waals surface area contributed by atoms with Gasteiger partial charge in [0.25, 0.3) is 0 Å². The van der Waals surface area contributed by atoms with Crippen molar-refractivity contribution < 1.29 is 13.8 Å². The maximum atomic E-state index is 12.4. The highest BCUT2D eigenvalue weighted by Crippen LogP contribution is 2.18. The number of urea groups is 1. The van der Waals surface area contributed by atoms with E-state index in [2.05, 4.69) is 5.32 Å². The molecule has 2 rings (SSSR count). The third kappa shape index (κ3) is 5.19. The second-order valence-electron chi connectivity index (χ2n) is 5.01. The zero-order chi connectivity index (χ0) is 16.7. The maximum Gasteiger partial charge on any atom is 0.346 e. The topological polar surface area (TPSA) is 58.6 Å². The molecule has 0 spiro atoms. The molecule has 0 heterocycles. The molecule has 23 heavy (non-hydrogen) atoms. The number of amides is 2. The molecule has 0 saturated heterocycles. The molecule has 0 aromatic heterocycles. The van der Waals surface area contributed by atoms with Gasteiger partial charge in [-0.15, -0.1) is 0 Å². The molecule has 2 aromatic rings. The molecule has 1 atom stereocenters. The summed E-state index contributed by atoms with van der Waals surface area (Å²) in [5, 5.41) is 4.06. The van der Waals surface area contributed by atoms with E-state index in [0.717, 1.165) is 11.1 Å². The minimum Gasteiger partial charge on any atom is -0.306 e. The fraction of sp³-hybridized carbons (Fsp3) is 0.235. The molecule has 0 aliphatic carbocycles. The highest BCUT2D eigenvalue weighted by molar-refractivity contribution is 7.83. The lowest BCUT2D eigenvalue weighted by molar-refractivity contribution is -0.0886. The van der Waals surface area contributed by atoms with Crippen molar-refractivity contribution in [3.05, 3.63) is 65.7 Å². The van der Waals surface area contributed by atoms with Gasteiger partial charge in [-0.3, -0.25) is 9.05 Å². The van der Waals surface area contributed by atoms with Crippen molar-refractivity contribution in [2.24, 2.45) is 0 Å². The first-order valence-corrected chi connectivity index (χ1v) is 8.87. The molecule has 122 valence electrons. The summed E-state index contributed by atoms with van der Waals surface area (Å²) in [6.07, 6.45) is 1.63. The Morgan fingerprint density at radius 3 is 2.43 bits per heavy atom. The summed E-state index contributed by atoms with van der Waals surface area (Å²) in [6.45, 7) is 0.338. The molecule has 6 heteroatoms. The molecule has 0 radical (unpaired) electrons. The molecule has 0 unspecified atom stereocenters. The summed E-state index contributed by atoms with van der Waals surface area (Å²) in [5.41, 5.74) is 2.44.